The summed E-state index contributed by atoms with van der Waals surface area (Å²) in [6.45, 7) is 1.98. The summed E-state index contributed by atoms with van der Waals surface area (Å²) in [4.78, 5) is 4.18. The summed E-state index contributed by atoms with van der Waals surface area (Å²) >= 11 is 2.25. The lowest BCUT2D eigenvalue weighted by Gasteiger charge is -2.06. The molecule has 0 radical (unpaired) electrons. The van der Waals surface area contributed by atoms with Crippen molar-refractivity contribution in [3.8, 4) is 5.75 Å². The van der Waals surface area contributed by atoms with Crippen molar-refractivity contribution in [2.45, 2.75) is 25.9 Å². The summed E-state index contributed by atoms with van der Waals surface area (Å²) in [5.74, 6) is 0.991. The highest BCUT2D eigenvalue weighted by molar-refractivity contribution is 14.1. The molecule has 64 valence electrons. The Kier molecular flexibility index (Phi) is 2.21. The second-order valence-electron chi connectivity index (χ2n) is 3.07. The number of hydrogen-bond acceptors (Lipinski definition) is 2. The van der Waals surface area contributed by atoms with Crippen LogP contribution in [0, 0.1) is 10.5 Å². The van der Waals surface area contributed by atoms with Gasteiger partial charge in [0.25, 0.3) is 0 Å². The number of rotatable bonds is 2. The molecular weight excluding hydrogens is 265 g/mol. The second kappa shape index (κ2) is 3.20. The van der Waals surface area contributed by atoms with Crippen molar-refractivity contribution < 1.29 is 4.74 Å². The van der Waals surface area contributed by atoms with Crippen molar-refractivity contribution in [1.29, 1.82) is 0 Å². The fraction of sp³-hybridized carbons (Fsp3) is 0.444. The first-order valence-electron chi connectivity index (χ1n) is 4.04. The molecule has 2 nitrogen and oxygen atoms in total. The van der Waals surface area contributed by atoms with E-state index in [1.54, 1.807) is 0 Å². The zero-order chi connectivity index (χ0) is 8.55. The van der Waals surface area contributed by atoms with Gasteiger partial charge in [-0.2, -0.15) is 0 Å². The van der Waals surface area contributed by atoms with Gasteiger partial charge in [0, 0.05) is 18.0 Å². The minimum Gasteiger partial charge on any atom is -0.489 e. The third kappa shape index (κ3) is 1.88. The van der Waals surface area contributed by atoms with Crippen LogP contribution in [0.25, 0.3) is 0 Å². The molecule has 0 atom stereocenters. The average Bonchev–Trinajstić information content (AvgIpc) is 2.81. The molecule has 12 heavy (non-hydrogen) atoms. The first kappa shape index (κ1) is 8.29. The average molecular weight is 275 g/mol. The highest BCUT2D eigenvalue weighted by atomic mass is 127. The highest BCUT2D eigenvalue weighted by Gasteiger charge is 2.24. The van der Waals surface area contributed by atoms with Gasteiger partial charge in [-0.25, -0.2) is 0 Å². The molecule has 1 heterocycles. The fourth-order valence-corrected chi connectivity index (χ4v) is 1.40. The van der Waals surface area contributed by atoms with Crippen LogP contribution in [0.15, 0.2) is 12.3 Å². The van der Waals surface area contributed by atoms with E-state index in [2.05, 4.69) is 27.6 Å². The summed E-state index contributed by atoms with van der Waals surface area (Å²) in [5, 5.41) is 0. The van der Waals surface area contributed by atoms with Gasteiger partial charge in [-0.15, -0.1) is 0 Å². The molecule has 1 aliphatic carbocycles. The van der Waals surface area contributed by atoms with Crippen LogP contribution in [-0.4, -0.2) is 11.1 Å². The Morgan fingerprint density at radius 2 is 2.33 bits per heavy atom. The zero-order valence-corrected chi connectivity index (χ0v) is 9.04. The van der Waals surface area contributed by atoms with E-state index in [1.165, 1.54) is 12.8 Å². The summed E-state index contributed by atoms with van der Waals surface area (Å²) in [6.07, 6.45) is 4.74. The first-order chi connectivity index (χ1) is 5.75. The zero-order valence-electron chi connectivity index (χ0n) is 6.88. The lowest BCUT2D eigenvalue weighted by Crippen LogP contribution is -1.98. The third-order valence-corrected chi connectivity index (χ3v) is 2.59. The van der Waals surface area contributed by atoms with E-state index in [9.17, 15) is 0 Å². The number of aryl methyl sites for hydroxylation is 1. The number of nitrogens with zero attached hydrogens (tertiary/aromatic N) is 1. The van der Waals surface area contributed by atoms with Crippen molar-refractivity contribution in [1.82, 2.24) is 4.98 Å². The number of pyridine rings is 1. The normalized spacial score (nSPS) is 16.2. The lowest BCUT2D eigenvalue weighted by atomic mass is 10.3. The maximum atomic E-state index is 5.69. The van der Waals surface area contributed by atoms with Gasteiger partial charge >= 0.3 is 0 Å². The third-order valence-electron chi connectivity index (χ3n) is 1.77. The van der Waals surface area contributed by atoms with E-state index in [0.29, 0.717) is 6.10 Å². The van der Waals surface area contributed by atoms with Gasteiger partial charge in [0.05, 0.1) is 9.67 Å². The van der Waals surface area contributed by atoms with Gasteiger partial charge in [-0.05, 0) is 42.4 Å². The van der Waals surface area contributed by atoms with Crippen molar-refractivity contribution in [3.05, 3.63) is 21.5 Å². The van der Waals surface area contributed by atoms with E-state index in [0.717, 1.165) is 15.0 Å². The SMILES string of the molecule is Cc1cc(OC2CC2)c(I)cn1. The van der Waals surface area contributed by atoms with Gasteiger partial charge in [-0.1, -0.05) is 0 Å². The molecule has 1 aromatic heterocycles. The number of halogens is 1. The van der Waals surface area contributed by atoms with Crippen molar-refractivity contribution in [3.63, 3.8) is 0 Å². The lowest BCUT2D eigenvalue weighted by molar-refractivity contribution is 0.300. The van der Waals surface area contributed by atoms with E-state index in [1.807, 2.05) is 19.2 Å². The Labute approximate surface area is 85.5 Å². The van der Waals surface area contributed by atoms with Crippen LogP contribution in [0.2, 0.25) is 0 Å². The summed E-state index contributed by atoms with van der Waals surface area (Å²) < 4.78 is 6.79. The highest BCUT2D eigenvalue weighted by Crippen LogP contribution is 2.29. The molecular formula is C9H10INO. The van der Waals surface area contributed by atoms with Gasteiger partial charge in [0.1, 0.15) is 5.75 Å². The topological polar surface area (TPSA) is 22.1 Å². The Hall–Kier alpha value is -0.320. The van der Waals surface area contributed by atoms with E-state index in [-0.39, 0.29) is 0 Å². The molecule has 0 N–H and O–H groups in total. The summed E-state index contributed by atoms with van der Waals surface area (Å²) in [5.41, 5.74) is 1.02. The Morgan fingerprint density at radius 1 is 1.58 bits per heavy atom. The Bertz CT molecular complexity index is 297. The molecule has 1 aromatic rings. The van der Waals surface area contributed by atoms with Gasteiger partial charge in [0.2, 0.25) is 0 Å². The number of aromatic nitrogens is 1. The molecule has 3 heteroatoms. The second-order valence-corrected chi connectivity index (χ2v) is 4.24. The molecule has 0 aliphatic heterocycles. The van der Waals surface area contributed by atoms with Gasteiger partial charge in [0.15, 0.2) is 0 Å². The standard InChI is InChI=1S/C9H10INO/c1-6-4-9(8(10)5-11-6)12-7-2-3-7/h4-5,7H,2-3H2,1H3. The van der Waals surface area contributed by atoms with Crippen LogP contribution in [0.1, 0.15) is 18.5 Å². The summed E-state index contributed by atoms with van der Waals surface area (Å²) in [7, 11) is 0. The molecule has 1 fully saturated rings. The molecule has 0 unspecified atom stereocenters. The fourth-order valence-electron chi connectivity index (χ4n) is 0.974. The molecule has 1 saturated carbocycles. The molecule has 0 saturated heterocycles. The molecule has 0 spiro atoms. The van der Waals surface area contributed by atoms with Gasteiger partial charge in [-0.3, -0.25) is 4.98 Å². The minimum atomic E-state index is 0.473. The Morgan fingerprint density at radius 3 is 3.00 bits per heavy atom. The molecule has 0 aromatic carbocycles. The predicted octanol–water partition coefficient (Wildman–Crippen LogP) is 2.54. The minimum absolute atomic E-state index is 0.473. The van der Waals surface area contributed by atoms with Crippen LogP contribution in [-0.2, 0) is 0 Å². The van der Waals surface area contributed by atoms with Crippen LogP contribution in [0.3, 0.4) is 0 Å². The van der Waals surface area contributed by atoms with E-state index < -0.39 is 0 Å². The summed E-state index contributed by atoms with van der Waals surface area (Å²) in [6, 6.07) is 2.00. The maximum absolute atomic E-state index is 5.69. The van der Waals surface area contributed by atoms with Crippen molar-refractivity contribution in [2.75, 3.05) is 0 Å². The molecule has 1 aliphatic rings. The van der Waals surface area contributed by atoms with E-state index >= 15 is 0 Å². The predicted molar refractivity (Wildman–Crippen MR) is 55.3 cm³/mol. The quantitative estimate of drug-likeness (QED) is 0.774. The largest absolute Gasteiger partial charge is 0.489 e. The van der Waals surface area contributed by atoms with Crippen molar-refractivity contribution >= 4 is 22.6 Å². The Balaban J connectivity index is 2.21. The van der Waals surface area contributed by atoms with Crippen molar-refractivity contribution in [2.24, 2.45) is 0 Å². The van der Waals surface area contributed by atoms with E-state index in [4.69, 9.17) is 4.74 Å². The molecule has 0 amide bonds. The van der Waals surface area contributed by atoms with Crippen LogP contribution in [0.5, 0.6) is 5.75 Å². The maximum Gasteiger partial charge on any atom is 0.136 e. The van der Waals surface area contributed by atoms with Gasteiger partial charge < -0.3 is 4.74 Å². The number of hydrogen-bond donors (Lipinski definition) is 0. The smallest absolute Gasteiger partial charge is 0.136 e. The molecule has 2 rings (SSSR count). The van der Waals surface area contributed by atoms with Crippen LogP contribution < -0.4 is 4.74 Å². The van der Waals surface area contributed by atoms with Crippen LogP contribution in [0.4, 0.5) is 0 Å². The van der Waals surface area contributed by atoms with Crippen LogP contribution >= 0.6 is 22.6 Å². The number of ether oxygens (including phenoxy) is 1. The molecule has 0 bridgehead atoms. The monoisotopic (exact) mass is 275 g/mol. The first-order valence-corrected chi connectivity index (χ1v) is 5.12.